The van der Waals surface area contributed by atoms with E-state index >= 15 is 0 Å². The number of hydrogen-bond donors (Lipinski definition) is 1. The molecule has 0 aromatic carbocycles. The van der Waals surface area contributed by atoms with Crippen molar-refractivity contribution in [1.29, 1.82) is 0 Å². The molecule has 0 aliphatic carbocycles. The Morgan fingerprint density at radius 1 is 1.27 bits per heavy atom. The molecule has 1 fully saturated rings. The lowest BCUT2D eigenvalue weighted by molar-refractivity contribution is -0.163. The highest BCUT2D eigenvalue weighted by molar-refractivity contribution is 4.73. The Morgan fingerprint density at radius 3 is 2.36 bits per heavy atom. The third-order valence-corrected chi connectivity index (χ3v) is 1.93. The van der Waals surface area contributed by atoms with E-state index in [1.165, 1.54) is 0 Å². The highest BCUT2D eigenvalue weighted by atomic mass is 16.6. The van der Waals surface area contributed by atoms with Gasteiger partial charge in [-0.3, -0.25) is 5.32 Å². The molecular weight excluding hydrogens is 142 g/mol. The van der Waals surface area contributed by atoms with Gasteiger partial charge in [-0.2, -0.15) is 0 Å². The summed E-state index contributed by atoms with van der Waals surface area (Å²) in [5.41, 5.74) is 0. The van der Waals surface area contributed by atoms with E-state index in [2.05, 4.69) is 19.2 Å². The summed E-state index contributed by atoms with van der Waals surface area (Å²) in [7, 11) is 1.90. The predicted octanol–water partition coefficient (Wildman–Crippen LogP) is 0.603. The van der Waals surface area contributed by atoms with Gasteiger partial charge in [0.15, 0.2) is 0 Å². The average Bonchev–Trinajstić information content (AvgIpc) is 2.04. The third kappa shape index (κ3) is 2.15. The maximum atomic E-state index is 5.56. The van der Waals surface area contributed by atoms with Crippen LogP contribution in [0, 0.1) is 5.92 Å². The van der Waals surface area contributed by atoms with Gasteiger partial charge in [0.05, 0.1) is 19.3 Å². The number of hydrogen-bond acceptors (Lipinski definition) is 3. The van der Waals surface area contributed by atoms with Gasteiger partial charge in [0.1, 0.15) is 6.23 Å². The van der Waals surface area contributed by atoms with E-state index in [4.69, 9.17) is 9.47 Å². The van der Waals surface area contributed by atoms with Crippen LogP contribution in [0.1, 0.15) is 13.8 Å². The number of rotatable bonds is 2. The van der Waals surface area contributed by atoms with E-state index in [0.29, 0.717) is 12.5 Å². The molecule has 0 saturated carbocycles. The first-order valence-electron chi connectivity index (χ1n) is 4.16. The number of ether oxygens (including phenoxy) is 2. The van der Waals surface area contributed by atoms with E-state index in [1.807, 2.05) is 7.05 Å². The van der Waals surface area contributed by atoms with E-state index in [9.17, 15) is 0 Å². The van der Waals surface area contributed by atoms with Crippen LogP contribution >= 0.6 is 0 Å². The molecule has 2 unspecified atom stereocenters. The van der Waals surface area contributed by atoms with Gasteiger partial charge in [-0.05, 0) is 13.0 Å². The smallest absolute Gasteiger partial charge is 0.134 e. The van der Waals surface area contributed by atoms with Crippen molar-refractivity contribution < 1.29 is 9.47 Å². The van der Waals surface area contributed by atoms with Crippen LogP contribution in [0.5, 0.6) is 0 Å². The van der Waals surface area contributed by atoms with Gasteiger partial charge >= 0.3 is 0 Å². The molecule has 1 aliphatic rings. The monoisotopic (exact) mass is 159 g/mol. The summed E-state index contributed by atoms with van der Waals surface area (Å²) in [5.74, 6) is 0.507. The summed E-state index contributed by atoms with van der Waals surface area (Å²) >= 11 is 0. The van der Waals surface area contributed by atoms with Gasteiger partial charge in [-0.25, -0.2) is 0 Å². The summed E-state index contributed by atoms with van der Waals surface area (Å²) in [6, 6.07) is 0. The molecule has 11 heavy (non-hydrogen) atoms. The number of nitrogens with one attached hydrogen (secondary N) is 1. The summed E-state index contributed by atoms with van der Waals surface area (Å²) in [4.78, 5) is 0. The molecule has 0 aromatic rings. The molecule has 3 nitrogen and oxygen atoms in total. The molecule has 1 heterocycles. The number of likely N-dealkylation sites (N-methyl/N-ethyl adjacent to an activating group) is 1. The van der Waals surface area contributed by atoms with Gasteiger partial charge in [-0.15, -0.1) is 0 Å². The summed E-state index contributed by atoms with van der Waals surface area (Å²) in [6.07, 6.45) is 0.275. The molecule has 1 saturated heterocycles. The quantitative estimate of drug-likeness (QED) is 0.640. The Hall–Kier alpha value is -0.120. The van der Waals surface area contributed by atoms with Crippen LogP contribution in [-0.4, -0.2) is 32.6 Å². The zero-order valence-electron chi connectivity index (χ0n) is 7.46. The van der Waals surface area contributed by atoms with E-state index in [-0.39, 0.29) is 12.3 Å². The van der Waals surface area contributed by atoms with Crippen LogP contribution in [0.3, 0.4) is 0 Å². The van der Waals surface area contributed by atoms with Crippen molar-refractivity contribution in [3.63, 3.8) is 0 Å². The largest absolute Gasteiger partial charge is 0.371 e. The highest BCUT2D eigenvalue weighted by Gasteiger charge is 2.27. The molecule has 1 N–H and O–H groups in total. The second-order valence-electron chi connectivity index (χ2n) is 3.16. The lowest BCUT2D eigenvalue weighted by atomic mass is 10.1. The minimum absolute atomic E-state index is 0.0729. The molecule has 0 aromatic heterocycles. The average molecular weight is 159 g/mol. The Morgan fingerprint density at radius 2 is 1.91 bits per heavy atom. The van der Waals surface area contributed by atoms with Crippen molar-refractivity contribution in [1.82, 2.24) is 5.32 Å². The van der Waals surface area contributed by atoms with E-state index < -0.39 is 0 Å². The first kappa shape index (κ1) is 8.97. The molecule has 0 amide bonds. The van der Waals surface area contributed by atoms with E-state index in [0.717, 1.165) is 6.61 Å². The standard InChI is InChI=1S/C8H17NO2/c1-6(2)7-8(9-3)11-5-4-10-7/h6-9H,4-5H2,1-3H3. The second kappa shape index (κ2) is 4.04. The molecular formula is C8H17NO2. The second-order valence-corrected chi connectivity index (χ2v) is 3.16. The topological polar surface area (TPSA) is 30.5 Å². The molecule has 66 valence electrons. The van der Waals surface area contributed by atoms with Crippen LogP contribution < -0.4 is 5.32 Å². The fraction of sp³-hybridized carbons (Fsp3) is 1.00. The molecule has 1 rings (SSSR count). The van der Waals surface area contributed by atoms with Crippen LogP contribution in [0.15, 0.2) is 0 Å². The zero-order valence-corrected chi connectivity index (χ0v) is 7.46. The Balaban J connectivity index is 2.44. The van der Waals surface area contributed by atoms with Crippen molar-refractivity contribution in [2.75, 3.05) is 20.3 Å². The minimum Gasteiger partial charge on any atom is -0.371 e. The van der Waals surface area contributed by atoms with Gasteiger partial charge < -0.3 is 9.47 Å². The van der Waals surface area contributed by atoms with Crippen LogP contribution in [0.25, 0.3) is 0 Å². The first-order valence-corrected chi connectivity index (χ1v) is 4.16. The molecule has 2 atom stereocenters. The zero-order chi connectivity index (χ0) is 8.27. The molecule has 0 spiro atoms. The van der Waals surface area contributed by atoms with Crippen molar-refractivity contribution in [2.24, 2.45) is 5.92 Å². The van der Waals surface area contributed by atoms with Crippen LogP contribution in [0.4, 0.5) is 0 Å². The fourth-order valence-corrected chi connectivity index (χ4v) is 1.33. The molecule has 3 heteroatoms. The van der Waals surface area contributed by atoms with Gasteiger partial charge in [0, 0.05) is 0 Å². The van der Waals surface area contributed by atoms with Gasteiger partial charge in [-0.1, -0.05) is 13.8 Å². The molecule has 1 aliphatic heterocycles. The summed E-state index contributed by atoms with van der Waals surface area (Å²) in [5, 5.41) is 3.09. The normalized spacial score (nSPS) is 32.7. The minimum atomic E-state index is 0.0729. The van der Waals surface area contributed by atoms with Gasteiger partial charge in [0.2, 0.25) is 0 Å². The lowest BCUT2D eigenvalue weighted by Gasteiger charge is -2.33. The van der Waals surface area contributed by atoms with Crippen LogP contribution in [0.2, 0.25) is 0 Å². The summed E-state index contributed by atoms with van der Waals surface area (Å²) in [6.45, 7) is 5.71. The highest BCUT2D eigenvalue weighted by Crippen LogP contribution is 2.15. The predicted molar refractivity (Wildman–Crippen MR) is 43.4 cm³/mol. The van der Waals surface area contributed by atoms with Crippen molar-refractivity contribution in [2.45, 2.75) is 26.2 Å². The van der Waals surface area contributed by atoms with Crippen molar-refractivity contribution >= 4 is 0 Å². The van der Waals surface area contributed by atoms with E-state index in [1.54, 1.807) is 0 Å². The first-order chi connectivity index (χ1) is 5.25. The Bertz CT molecular complexity index is 117. The SMILES string of the molecule is CNC1OCCOC1C(C)C. The molecule has 0 radical (unpaired) electrons. The lowest BCUT2D eigenvalue weighted by Crippen LogP contribution is -2.48. The third-order valence-electron chi connectivity index (χ3n) is 1.93. The van der Waals surface area contributed by atoms with Gasteiger partial charge in [0.25, 0.3) is 0 Å². The maximum Gasteiger partial charge on any atom is 0.134 e. The Kier molecular flexibility index (Phi) is 3.30. The fourth-order valence-electron chi connectivity index (χ4n) is 1.33. The summed E-state index contributed by atoms with van der Waals surface area (Å²) < 4.78 is 11.0. The van der Waals surface area contributed by atoms with Crippen molar-refractivity contribution in [3.8, 4) is 0 Å². The van der Waals surface area contributed by atoms with Crippen LogP contribution in [-0.2, 0) is 9.47 Å². The molecule has 0 bridgehead atoms. The van der Waals surface area contributed by atoms with Crippen molar-refractivity contribution in [3.05, 3.63) is 0 Å². The maximum absolute atomic E-state index is 5.56. The Labute approximate surface area is 68.1 Å².